The number of halogens is 2. The maximum atomic E-state index is 15.0. The van der Waals surface area contributed by atoms with Crippen LogP contribution in [0.3, 0.4) is 0 Å². The van der Waals surface area contributed by atoms with Gasteiger partial charge in [0.15, 0.2) is 11.5 Å². The Kier molecular flexibility index (Phi) is 5.24. The van der Waals surface area contributed by atoms with E-state index in [2.05, 4.69) is 25.4 Å². The molecule has 9 nitrogen and oxygen atoms in total. The van der Waals surface area contributed by atoms with Crippen molar-refractivity contribution in [2.24, 2.45) is 10.8 Å². The minimum Gasteiger partial charge on any atom is -0.350 e. The normalized spacial score (nSPS) is 11.9. The quantitative estimate of drug-likeness (QED) is 0.391. The maximum absolute atomic E-state index is 15.0. The van der Waals surface area contributed by atoms with Crippen molar-refractivity contribution in [2.45, 2.75) is 20.3 Å². The second-order valence-electron chi connectivity index (χ2n) is 6.74. The van der Waals surface area contributed by atoms with Crippen LogP contribution < -0.4 is 5.73 Å². The van der Waals surface area contributed by atoms with Gasteiger partial charge in [-0.1, -0.05) is 0 Å². The van der Waals surface area contributed by atoms with Crippen molar-refractivity contribution in [3.8, 4) is 0 Å². The van der Waals surface area contributed by atoms with E-state index in [-0.39, 0.29) is 28.7 Å². The Morgan fingerprint density at radius 1 is 1.26 bits per heavy atom. The van der Waals surface area contributed by atoms with E-state index in [0.717, 1.165) is 5.01 Å². The third-order valence-corrected chi connectivity index (χ3v) is 4.75. The van der Waals surface area contributed by atoms with Gasteiger partial charge in [0.05, 0.1) is 11.2 Å². The highest BCUT2D eigenvalue weighted by Crippen LogP contribution is 2.24. The molecule has 0 atom stereocenters. The molecule has 0 unspecified atom stereocenters. The Hall–Kier alpha value is -4.02. The molecule has 0 aliphatic heterocycles. The number of fused-ring (bicyclic) bond motifs is 2. The molecule has 4 aromatic rings. The lowest BCUT2D eigenvalue weighted by molar-refractivity contribution is 0.212. The molecule has 0 fully saturated rings. The average Bonchev–Trinajstić information content (AvgIpc) is 3.16. The summed E-state index contributed by atoms with van der Waals surface area (Å²) in [5, 5.41) is 18.0. The molecule has 0 saturated carbocycles. The van der Waals surface area contributed by atoms with E-state index in [4.69, 9.17) is 5.73 Å². The summed E-state index contributed by atoms with van der Waals surface area (Å²) >= 11 is 0. The van der Waals surface area contributed by atoms with Crippen LogP contribution in [0.2, 0.25) is 0 Å². The zero-order valence-electron chi connectivity index (χ0n) is 16.8. The van der Waals surface area contributed by atoms with Crippen LogP contribution in [0.25, 0.3) is 16.6 Å². The minimum absolute atomic E-state index is 0.154. The second-order valence-corrected chi connectivity index (χ2v) is 6.74. The first-order chi connectivity index (χ1) is 14.9. The van der Waals surface area contributed by atoms with E-state index >= 15 is 0 Å². The number of amides is 2. The Balaban J connectivity index is 1.75. The van der Waals surface area contributed by atoms with Gasteiger partial charge in [0.1, 0.15) is 17.3 Å². The standard InChI is InChI=1S/C20H18F2N8O/c1-3-29(20(23)31)27-11(2)15-6-7-17-25-26-18(30(17)28-15)9-13-14(21)10-16-12(19(13)22)5-4-8-24-16/h4-8,10H,3,9H2,1-2H3,(H2,23,31). The van der Waals surface area contributed by atoms with Gasteiger partial charge in [0, 0.05) is 36.2 Å². The number of primary amides is 1. The summed E-state index contributed by atoms with van der Waals surface area (Å²) in [5.74, 6) is -1.18. The number of pyridine rings is 1. The number of rotatable bonds is 5. The predicted octanol–water partition coefficient (Wildman–Crippen LogP) is 2.67. The molecule has 0 bridgehead atoms. The van der Waals surface area contributed by atoms with Crippen LogP contribution in [0.5, 0.6) is 0 Å². The Morgan fingerprint density at radius 3 is 2.81 bits per heavy atom. The molecule has 3 heterocycles. The molecular weight excluding hydrogens is 406 g/mol. The van der Waals surface area contributed by atoms with Crippen molar-refractivity contribution >= 4 is 28.3 Å². The second kappa shape index (κ2) is 8.01. The molecule has 158 valence electrons. The molecule has 0 radical (unpaired) electrons. The number of carbonyl (C=O) groups is 1. The number of nitrogens with zero attached hydrogens (tertiary/aromatic N) is 7. The van der Waals surface area contributed by atoms with Crippen molar-refractivity contribution in [2.75, 3.05) is 6.54 Å². The van der Waals surface area contributed by atoms with Gasteiger partial charge in [-0.2, -0.15) is 14.7 Å². The molecule has 2 N–H and O–H groups in total. The highest BCUT2D eigenvalue weighted by atomic mass is 19.1. The lowest BCUT2D eigenvalue weighted by Crippen LogP contribution is -2.32. The summed E-state index contributed by atoms with van der Waals surface area (Å²) in [7, 11) is 0. The summed E-state index contributed by atoms with van der Waals surface area (Å²) in [4.78, 5) is 15.4. The van der Waals surface area contributed by atoms with Gasteiger partial charge in [-0.15, -0.1) is 10.2 Å². The molecule has 1 aromatic carbocycles. The number of hydrazone groups is 1. The van der Waals surface area contributed by atoms with Crippen LogP contribution >= 0.6 is 0 Å². The number of hydrogen-bond donors (Lipinski definition) is 1. The van der Waals surface area contributed by atoms with Gasteiger partial charge in [0.25, 0.3) is 0 Å². The molecule has 3 aromatic heterocycles. The largest absolute Gasteiger partial charge is 0.350 e. The minimum atomic E-state index is -0.727. The summed E-state index contributed by atoms with van der Waals surface area (Å²) in [6, 6.07) is 6.93. The van der Waals surface area contributed by atoms with Crippen LogP contribution in [0, 0.1) is 11.6 Å². The monoisotopic (exact) mass is 424 g/mol. The smallest absolute Gasteiger partial charge is 0.335 e. The van der Waals surface area contributed by atoms with E-state index in [1.807, 2.05) is 0 Å². The zero-order valence-corrected chi connectivity index (χ0v) is 16.8. The van der Waals surface area contributed by atoms with Crippen molar-refractivity contribution in [3.05, 3.63) is 65.2 Å². The van der Waals surface area contributed by atoms with Crippen LogP contribution in [-0.4, -0.2) is 48.1 Å². The molecule has 31 heavy (non-hydrogen) atoms. The predicted molar refractivity (Wildman–Crippen MR) is 109 cm³/mol. The van der Waals surface area contributed by atoms with E-state index in [1.165, 1.54) is 22.8 Å². The van der Waals surface area contributed by atoms with Crippen molar-refractivity contribution in [3.63, 3.8) is 0 Å². The first-order valence-electron chi connectivity index (χ1n) is 9.44. The summed E-state index contributed by atoms with van der Waals surface area (Å²) < 4.78 is 31.0. The van der Waals surface area contributed by atoms with Crippen molar-refractivity contribution in [1.82, 2.24) is 29.8 Å². The molecule has 0 saturated heterocycles. The van der Waals surface area contributed by atoms with Crippen molar-refractivity contribution < 1.29 is 13.6 Å². The molecule has 11 heteroatoms. The van der Waals surface area contributed by atoms with E-state index in [9.17, 15) is 13.6 Å². The number of aromatic nitrogens is 5. The number of carbonyl (C=O) groups excluding carboxylic acids is 1. The van der Waals surface area contributed by atoms with Gasteiger partial charge in [-0.05, 0) is 38.1 Å². The Bertz CT molecular complexity index is 1330. The number of hydrogen-bond acceptors (Lipinski definition) is 6. The van der Waals surface area contributed by atoms with Crippen LogP contribution in [-0.2, 0) is 6.42 Å². The van der Waals surface area contributed by atoms with E-state index in [1.54, 1.807) is 32.0 Å². The fraction of sp³-hybridized carbons (Fsp3) is 0.200. The summed E-state index contributed by atoms with van der Waals surface area (Å²) in [6.45, 7) is 3.69. The SMILES string of the molecule is CCN(N=C(C)c1ccc2nnc(Cc3c(F)cc4ncccc4c3F)n2n1)C(N)=O. The third-order valence-electron chi connectivity index (χ3n) is 4.75. The van der Waals surface area contributed by atoms with Gasteiger partial charge in [-0.25, -0.2) is 18.6 Å². The zero-order chi connectivity index (χ0) is 22.1. The first-order valence-corrected chi connectivity index (χ1v) is 9.44. The lowest BCUT2D eigenvalue weighted by atomic mass is 10.1. The van der Waals surface area contributed by atoms with Gasteiger partial charge in [-0.3, -0.25) is 4.98 Å². The fourth-order valence-corrected chi connectivity index (χ4v) is 3.16. The molecule has 0 aliphatic carbocycles. The third kappa shape index (κ3) is 3.77. The van der Waals surface area contributed by atoms with Gasteiger partial charge < -0.3 is 5.73 Å². The number of benzene rings is 1. The molecular formula is C20H18F2N8O. The van der Waals surface area contributed by atoms with Gasteiger partial charge >= 0.3 is 6.03 Å². The maximum Gasteiger partial charge on any atom is 0.335 e. The lowest BCUT2D eigenvalue weighted by Gasteiger charge is -2.12. The van der Waals surface area contributed by atoms with E-state index < -0.39 is 17.7 Å². The van der Waals surface area contributed by atoms with E-state index in [0.29, 0.717) is 23.6 Å². The van der Waals surface area contributed by atoms with Crippen LogP contribution in [0.1, 0.15) is 30.9 Å². The molecule has 2 amide bonds. The fourth-order valence-electron chi connectivity index (χ4n) is 3.16. The summed E-state index contributed by atoms with van der Waals surface area (Å²) in [5.41, 5.74) is 6.62. The van der Waals surface area contributed by atoms with Crippen LogP contribution in [0.4, 0.5) is 13.6 Å². The number of nitrogens with two attached hydrogens (primary N) is 1. The molecule has 4 rings (SSSR count). The highest BCUT2D eigenvalue weighted by molar-refractivity contribution is 5.97. The number of urea groups is 1. The Morgan fingerprint density at radius 2 is 2.06 bits per heavy atom. The topological polar surface area (TPSA) is 115 Å². The Labute approximate surface area is 175 Å². The highest BCUT2D eigenvalue weighted by Gasteiger charge is 2.18. The average molecular weight is 424 g/mol. The van der Waals surface area contributed by atoms with Gasteiger partial charge in [0.2, 0.25) is 0 Å². The summed E-state index contributed by atoms with van der Waals surface area (Å²) in [6.07, 6.45) is 1.30. The van der Waals surface area contributed by atoms with Crippen LogP contribution in [0.15, 0.2) is 41.6 Å². The molecule has 0 aliphatic rings. The molecule has 0 spiro atoms. The van der Waals surface area contributed by atoms with Crippen molar-refractivity contribution in [1.29, 1.82) is 0 Å². The first kappa shape index (κ1) is 20.3.